The maximum absolute atomic E-state index is 12.2. The van der Waals surface area contributed by atoms with Crippen LogP contribution < -0.4 is 10.0 Å². The monoisotopic (exact) mass is 346 g/mol. The quantitative estimate of drug-likeness (QED) is 0.768. The molecule has 2 N–H and O–H groups in total. The van der Waals surface area contributed by atoms with Gasteiger partial charge in [0.15, 0.2) is 0 Å². The van der Waals surface area contributed by atoms with Gasteiger partial charge in [-0.25, -0.2) is 13.1 Å². The van der Waals surface area contributed by atoms with Crippen LogP contribution in [0.15, 0.2) is 29.2 Å². The average molecular weight is 347 g/mol. The number of benzene rings is 1. The van der Waals surface area contributed by atoms with Crippen molar-refractivity contribution in [2.24, 2.45) is 0 Å². The fourth-order valence-electron chi connectivity index (χ4n) is 2.05. The van der Waals surface area contributed by atoms with E-state index in [-0.39, 0.29) is 23.5 Å². The Hall–Kier alpha value is -1.15. The lowest BCUT2D eigenvalue weighted by atomic mass is 10.2. The Morgan fingerprint density at radius 1 is 1.41 bits per heavy atom. The minimum Gasteiger partial charge on any atom is -0.377 e. The summed E-state index contributed by atoms with van der Waals surface area (Å²) < 4.78 is 32.2. The molecule has 22 heavy (non-hydrogen) atoms. The molecule has 0 spiro atoms. The molecule has 0 radical (unpaired) electrons. The molecule has 1 saturated heterocycles. The van der Waals surface area contributed by atoms with Crippen molar-refractivity contribution in [3.8, 4) is 0 Å². The van der Waals surface area contributed by atoms with Crippen molar-refractivity contribution in [1.82, 2.24) is 4.72 Å². The van der Waals surface area contributed by atoms with Crippen molar-refractivity contribution in [2.45, 2.75) is 36.1 Å². The van der Waals surface area contributed by atoms with Gasteiger partial charge in [0, 0.05) is 18.8 Å². The van der Waals surface area contributed by atoms with Crippen LogP contribution >= 0.6 is 11.6 Å². The fourth-order valence-corrected chi connectivity index (χ4v) is 3.17. The molecule has 1 aliphatic rings. The predicted molar refractivity (Wildman–Crippen MR) is 84.5 cm³/mol. The third kappa shape index (κ3) is 4.67. The summed E-state index contributed by atoms with van der Waals surface area (Å²) in [6.45, 7) is 2.51. The number of hydrogen-bond acceptors (Lipinski definition) is 4. The van der Waals surface area contributed by atoms with Crippen LogP contribution in [0.4, 0.5) is 5.69 Å². The summed E-state index contributed by atoms with van der Waals surface area (Å²) in [4.78, 5) is 11.6. The van der Waals surface area contributed by atoms with Crippen LogP contribution in [0.2, 0.25) is 0 Å². The number of hydrogen-bond donors (Lipinski definition) is 2. The minimum atomic E-state index is -3.58. The van der Waals surface area contributed by atoms with Crippen molar-refractivity contribution in [3.63, 3.8) is 0 Å². The molecule has 122 valence electrons. The number of rotatable bonds is 6. The standard InChI is InChI=1S/C14H19ClN2O4S/c1-10(15)14(18)17-11-4-6-13(7-5-11)22(19,20)16-9-12-3-2-8-21-12/h4-7,10,12,16H,2-3,8-9H2,1H3,(H,17,18)/t10-,12+/m1/s1. The highest BCUT2D eigenvalue weighted by molar-refractivity contribution is 7.89. The Morgan fingerprint density at radius 3 is 2.64 bits per heavy atom. The van der Waals surface area contributed by atoms with Gasteiger partial charge in [0.25, 0.3) is 0 Å². The average Bonchev–Trinajstić information content (AvgIpc) is 2.99. The third-order valence-electron chi connectivity index (χ3n) is 3.32. The molecule has 1 heterocycles. The third-order valence-corrected chi connectivity index (χ3v) is 4.96. The Labute approximate surface area is 135 Å². The van der Waals surface area contributed by atoms with E-state index in [1.807, 2.05) is 0 Å². The zero-order valence-corrected chi connectivity index (χ0v) is 13.8. The second kappa shape index (κ2) is 7.41. The number of sulfonamides is 1. The van der Waals surface area contributed by atoms with E-state index in [0.717, 1.165) is 12.8 Å². The first-order valence-corrected chi connectivity index (χ1v) is 8.97. The molecule has 1 aromatic rings. The van der Waals surface area contributed by atoms with Crippen LogP contribution in [-0.2, 0) is 19.6 Å². The van der Waals surface area contributed by atoms with E-state index in [2.05, 4.69) is 10.0 Å². The van der Waals surface area contributed by atoms with Crippen molar-refractivity contribution in [2.75, 3.05) is 18.5 Å². The van der Waals surface area contributed by atoms with Crippen LogP contribution in [0.3, 0.4) is 0 Å². The molecule has 0 saturated carbocycles. The highest BCUT2D eigenvalue weighted by Crippen LogP contribution is 2.16. The van der Waals surface area contributed by atoms with Crippen molar-refractivity contribution in [3.05, 3.63) is 24.3 Å². The normalized spacial score (nSPS) is 19.8. The number of amides is 1. The number of halogens is 1. The second-order valence-electron chi connectivity index (χ2n) is 5.12. The molecule has 1 aromatic carbocycles. The lowest BCUT2D eigenvalue weighted by Gasteiger charge is -2.12. The Kier molecular flexibility index (Phi) is 5.80. The Balaban J connectivity index is 1.97. The van der Waals surface area contributed by atoms with Gasteiger partial charge in [-0.1, -0.05) is 0 Å². The van der Waals surface area contributed by atoms with Crippen LogP contribution in [0, 0.1) is 0 Å². The number of carbonyl (C=O) groups excluding carboxylic acids is 1. The van der Waals surface area contributed by atoms with Gasteiger partial charge in [-0.3, -0.25) is 4.79 Å². The Morgan fingerprint density at radius 2 is 2.09 bits per heavy atom. The maximum Gasteiger partial charge on any atom is 0.242 e. The van der Waals surface area contributed by atoms with Gasteiger partial charge in [0.05, 0.1) is 11.0 Å². The van der Waals surface area contributed by atoms with E-state index in [0.29, 0.717) is 12.3 Å². The zero-order valence-electron chi connectivity index (χ0n) is 12.2. The molecule has 0 aromatic heterocycles. The van der Waals surface area contributed by atoms with Gasteiger partial charge in [0.2, 0.25) is 15.9 Å². The van der Waals surface area contributed by atoms with Crippen LogP contribution in [-0.4, -0.2) is 39.0 Å². The molecule has 0 aliphatic carbocycles. The molecule has 0 bridgehead atoms. The van der Waals surface area contributed by atoms with Crippen LogP contribution in [0.5, 0.6) is 0 Å². The predicted octanol–water partition coefficient (Wildman–Crippen LogP) is 1.71. The lowest BCUT2D eigenvalue weighted by molar-refractivity contribution is -0.115. The Bertz CT molecular complexity index is 610. The molecular weight excluding hydrogens is 328 g/mol. The van der Waals surface area contributed by atoms with Crippen molar-refractivity contribution in [1.29, 1.82) is 0 Å². The van der Waals surface area contributed by atoms with Gasteiger partial charge in [-0.15, -0.1) is 11.6 Å². The number of ether oxygens (including phenoxy) is 1. The topological polar surface area (TPSA) is 84.5 Å². The first-order chi connectivity index (χ1) is 10.4. The molecule has 1 amide bonds. The van der Waals surface area contributed by atoms with Gasteiger partial charge in [0.1, 0.15) is 5.38 Å². The summed E-state index contributed by atoms with van der Waals surface area (Å²) >= 11 is 5.66. The highest BCUT2D eigenvalue weighted by Gasteiger charge is 2.20. The lowest BCUT2D eigenvalue weighted by Crippen LogP contribution is -2.31. The van der Waals surface area contributed by atoms with Gasteiger partial charge >= 0.3 is 0 Å². The molecule has 1 aliphatic heterocycles. The van der Waals surface area contributed by atoms with Crippen molar-refractivity contribution >= 4 is 33.2 Å². The van der Waals surface area contributed by atoms with Gasteiger partial charge in [-0.2, -0.15) is 0 Å². The van der Waals surface area contributed by atoms with Crippen LogP contribution in [0.25, 0.3) is 0 Å². The summed E-state index contributed by atoms with van der Waals surface area (Å²) in [6, 6.07) is 5.92. The molecule has 6 nitrogen and oxygen atoms in total. The van der Waals surface area contributed by atoms with Gasteiger partial charge in [-0.05, 0) is 44.0 Å². The molecule has 2 rings (SSSR count). The SMILES string of the molecule is C[C@@H](Cl)C(=O)Nc1ccc(S(=O)(=O)NC[C@@H]2CCCO2)cc1. The van der Waals surface area contributed by atoms with Crippen LogP contribution in [0.1, 0.15) is 19.8 Å². The van der Waals surface area contributed by atoms with Crippen molar-refractivity contribution < 1.29 is 17.9 Å². The number of alkyl halides is 1. The molecule has 1 fully saturated rings. The molecule has 0 unspecified atom stereocenters. The first kappa shape index (κ1) is 17.2. The number of nitrogens with one attached hydrogen (secondary N) is 2. The second-order valence-corrected chi connectivity index (χ2v) is 7.54. The summed E-state index contributed by atoms with van der Waals surface area (Å²) in [5.74, 6) is -0.339. The van der Waals surface area contributed by atoms with E-state index in [9.17, 15) is 13.2 Å². The van der Waals surface area contributed by atoms with Gasteiger partial charge < -0.3 is 10.1 Å². The number of anilines is 1. The summed E-state index contributed by atoms with van der Waals surface area (Å²) in [5.41, 5.74) is 0.496. The van der Waals surface area contributed by atoms with E-state index in [1.165, 1.54) is 24.3 Å². The molecule has 8 heteroatoms. The number of carbonyl (C=O) groups is 1. The molecular formula is C14H19ClN2O4S. The van der Waals surface area contributed by atoms with E-state index in [4.69, 9.17) is 16.3 Å². The zero-order chi connectivity index (χ0) is 16.2. The van der Waals surface area contributed by atoms with E-state index in [1.54, 1.807) is 6.92 Å². The minimum absolute atomic E-state index is 0.0569. The fraction of sp³-hybridized carbons (Fsp3) is 0.500. The molecule has 2 atom stereocenters. The summed E-state index contributed by atoms with van der Waals surface area (Å²) in [6.07, 6.45) is 1.77. The summed E-state index contributed by atoms with van der Waals surface area (Å²) in [5, 5.41) is 1.93. The van der Waals surface area contributed by atoms with E-state index >= 15 is 0 Å². The maximum atomic E-state index is 12.2. The smallest absolute Gasteiger partial charge is 0.242 e. The summed E-state index contributed by atoms with van der Waals surface area (Å²) in [7, 11) is -3.58. The van der Waals surface area contributed by atoms with E-state index < -0.39 is 15.4 Å². The first-order valence-electron chi connectivity index (χ1n) is 7.05. The largest absolute Gasteiger partial charge is 0.377 e. The highest BCUT2D eigenvalue weighted by atomic mass is 35.5.